The number of alkyl halides is 2. The molecule has 0 bridgehead atoms. The summed E-state index contributed by atoms with van der Waals surface area (Å²) < 4.78 is 40.3. The lowest BCUT2D eigenvalue weighted by Crippen LogP contribution is -2.52. The highest BCUT2D eigenvalue weighted by atomic mass is 127. The van der Waals surface area contributed by atoms with Crippen LogP contribution in [-0.2, 0) is 83.5 Å². The summed E-state index contributed by atoms with van der Waals surface area (Å²) in [7, 11) is 0. The van der Waals surface area contributed by atoms with Crippen LogP contribution in [0.5, 0.6) is 0 Å². The van der Waals surface area contributed by atoms with Crippen molar-refractivity contribution in [2.75, 3.05) is 125 Å². The molecule has 0 spiro atoms. The number of rotatable bonds is 32. The molecule has 2 aromatic rings. The van der Waals surface area contributed by atoms with Gasteiger partial charge in [-0.3, -0.25) is 67.5 Å². The average molecular weight is 1360 g/mol. The Hall–Kier alpha value is -7.02. The molecule has 4 aliphatic heterocycles. The van der Waals surface area contributed by atoms with Crippen molar-refractivity contribution in [3.8, 4) is 6.07 Å². The number of likely N-dealkylation sites (tertiary alicyclic amines) is 1. The van der Waals surface area contributed by atoms with E-state index in [1.54, 1.807) is 36.6 Å². The van der Waals surface area contributed by atoms with E-state index in [0.29, 0.717) is 32.2 Å². The van der Waals surface area contributed by atoms with Crippen LogP contribution in [-0.4, -0.2) is 253 Å². The van der Waals surface area contributed by atoms with E-state index in [2.05, 4.69) is 49.2 Å². The van der Waals surface area contributed by atoms with Gasteiger partial charge in [0.05, 0.1) is 58.6 Å². The van der Waals surface area contributed by atoms with Crippen molar-refractivity contribution in [3.63, 3.8) is 0 Å². The highest BCUT2D eigenvalue weighted by Crippen LogP contribution is 2.34. The summed E-state index contributed by atoms with van der Waals surface area (Å²) >= 11 is 2.24. The molecule has 488 valence electrons. The monoisotopic (exact) mass is 1360 g/mol. The molecule has 89 heavy (non-hydrogen) atoms. The minimum absolute atomic E-state index is 0.0329. The van der Waals surface area contributed by atoms with Crippen LogP contribution < -0.4 is 26.6 Å². The number of halogens is 3. The zero-order chi connectivity index (χ0) is 64.5. The predicted molar refractivity (Wildman–Crippen MR) is 322 cm³/mol. The van der Waals surface area contributed by atoms with Gasteiger partial charge in [-0.05, 0) is 95.5 Å². The predicted octanol–water partition coefficient (Wildman–Crippen LogP) is -0.177. The number of nitriles is 1. The molecule has 27 nitrogen and oxygen atoms in total. The van der Waals surface area contributed by atoms with E-state index in [1.807, 2.05) is 36.4 Å². The van der Waals surface area contributed by atoms with Crippen molar-refractivity contribution in [1.82, 2.24) is 56.0 Å². The first kappa shape index (κ1) is 71.1. The fraction of sp³-hybridized carbons (Fsp3) is 0.610. The molecular formula is C59H81F2IN12O15. The highest BCUT2D eigenvalue weighted by Gasteiger charge is 2.50. The minimum atomic E-state index is -3.22. The maximum atomic E-state index is 14.0. The zero-order valence-corrected chi connectivity index (χ0v) is 51.9. The fourth-order valence-corrected chi connectivity index (χ4v) is 11.4. The van der Waals surface area contributed by atoms with Crippen molar-refractivity contribution < 1.29 is 81.5 Å². The second kappa shape index (κ2) is 36.0. The van der Waals surface area contributed by atoms with Crippen LogP contribution in [0.25, 0.3) is 0 Å². The van der Waals surface area contributed by atoms with Gasteiger partial charge in [-0.25, -0.2) is 8.78 Å². The van der Waals surface area contributed by atoms with E-state index in [0.717, 1.165) is 37.1 Å². The maximum absolute atomic E-state index is 14.0. The fourth-order valence-electron chi connectivity index (χ4n) is 11.0. The number of benzene rings is 2. The molecule has 30 heteroatoms. The van der Waals surface area contributed by atoms with Gasteiger partial charge in [0, 0.05) is 114 Å². The lowest BCUT2D eigenvalue weighted by molar-refractivity contribution is -0.140. The van der Waals surface area contributed by atoms with E-state index < -0.39 is 90.4 Å². The summed E-state index contributed by atoms with van der Waals surface area (Å²) in [6.45, 7) is 0.305. The van der Waals surface area contributed by atoms with Crippen molar-refractivity contribution in [3.05, 3.63) is 68.3 Å². The van der Waals surface area contributed by atoms with E-state index in [4.69, 9.17) is 9.47 Å². The third kappa shape index (κ3) is 24.7. The topological polar surface area (TPSA) is 353 Å². The zero-order valence-electron chi connectivity index (χ0n) is 49.8. The number of hydrogen-bond donors (Lipinski definition) is 8. The number of ether oxygens (including phenoxy) is 2. The third-order valence-electron chi connectivity index (χ3n) is 15.7. The highest BCUT2D eigenvalue weighted by molar-refractivity contribution is 14.1. The van der Waals surface area contributed by atoms with Gasteiger partial charge < -0.3 is 61.2 Å². The second-order valence-electron chi connectivity index (χ2n) is 22.6. The summed E-state index contributed by atoms with van der Waals surface area (Å²) in [6, 6.07) is 11.8. The van der Waals surface area contributed by atoms with Crippen molar-refractivity contribution in [1.29, 1.82) is 5.26 Å². The molecule has 4 heterocycles. The smallest absolute Gasteiger partial charge is 0.317 e. The number of carbonyl (C=O) groups is 10. The van der Waals surface area contributed by atoms with E-state index in [-0.39, 0.29) is 162 Å². The average Bonchev–Trinajstić information content (AvgIpc) is 1.99. The van der Waals surface area contributed by atoms with Crippen molar-refractivity contribution in [2.24, 2.45) is 5.92 Å². The standard InChI is InChI=1S/C59H81F2IN12O15/c60-59(61)29-45(30-63)74(39-59)58(87)48-27-43(56(85)68-48)28-52(78)73-32-42-7-4-6-41(46(42)33-73)31-66-51(77)38-89-26-25-88-24-15-65-57(86)47(8-1-2-14-64-49(75)9-3-5-40-10-12-44(62)13-11-40)67-50(76)34-69-16-18-70(35-53(79)80)20-22-72(37-55(83)84)23-21-71(19-17-69)36-54(81)82/h4,6-7,10-13,43,45,47-48H,1-3,5,8-9,14-29,31-39H2,(H,64,75)(H,65,86)(H,66,77)(H,67,76)(H,68,85)(H,79,80)(H,81,82)(H,83,84)/t43-,45-,47?,48-/m0/s1. The molecule has 3 fully saturated rings. The van der Waals surface area contributed by atoms with Crippen LogP contribution in [0.3, 0.4) is 0 Å². The first-order chi connectivity index (χ1) is 42.5. The number of nitrogens with zero attached hydrogens (tertiary/aromatic N) is 7. The van der Waals surface area contributed by atoms with E-state index >= 15 is 0 Å². The van der Waals surface area contributed by atoms with Crippen molar-refractivity contribution >= 4 is 81.8 Å². The SMILES string of the molecule is N#C[C@@H]1CC(F)(F)CN1C(=O)[C@@H]1C[C@@H](CC(=O)N2Cc3cccc(CNC(=O)COCCOCCNC(=O)C(CCCCNC(=O)CCCc4ccc(I)cc4)NC(=O)CN4CCN(CC(=O)O)CCN(CC(=O)O)CCN(CC(=O)O)CC4)c3C2)C(=O)N1. The first-order valence-electron chi connectivity index (χ1n) is 29.9. The Morgan fingerprint density at radius 1 is 0.730 bits per heavy atom. The Morgan fingerprint density at radius 3 is 1.97 bits per heavy atom. The summed E-state index contributed by atoms with van der Waals surface area (Å²) in [5.41, 5.74) is 3.58. The lowest BCUT2D eigenvalue weighted by atomic mass is 9.99. The Kier molecular flexibility index (Phi) is 28.7. The lowest BCUT2D eigenvalue weighted by Gasteiger charge is -2.33. The number of amides is 7. The first-order valence-corrected chi connectivity index (χ1v) is 30.9. The maximum Gasteiger partial charge on any atom is 0.317 e. The van der Waals surface area contributed by atoms with Gasteiger partial charge in [0.25, 0.3) is 5.92 Å². The number of carboxylic acids is 3. The van der Waals surface area contributed by atoms with Crippen LogP contribution in [0.4, 0.5) is 8.78 Å². The van der Waals surface area contributed by atoms with Crippen LogP contribution >= 0.6 is 22.6 Å². The number of nitrogens with one attached hydrogen (secondary N) is 5. The summed E-state index contributed by atoms with van der Waals surface area (Å²) in [5.74, 6) is -10.5. The molecule has 4 aliphatic rings. The summed E-state index contributed by atoms with van der Waals surface area (Å²) in [4.78, 5) is 137. The number of hydrogen-bond acceptors (Lipinski definition) is 17. The quantitative estimate of drug-likeness (QED) is 0.0348. The van der Waals surface area contributed by atoms with Crippen LogP contribution in [0.1, 0.15) is 73.6 Å². The van der Waals surface area contributed by atoms with Gasteiger partial charge in [-0.2, -0.15) is 5.26 Å². The normalized spacial score (nSPS) is 19.6. The molecule has 6 rings (SSSR count). The Balaban J connectivity index is 0.927. The van der Waals surface area contributed by atoms with Gasteiger partial charge in [0.15, 0.2) is 0 Å². The molecule has 4 atom stereocenters. The van der Waals surface area contributed by atoms with Crippen LogP contribution in [0.2, 0.25) is 0 Å². The Bertz CT molecular complexity index is 2800. The van der Waals surface area contributed by atoms with Gasteiger partial charge in [-0.15, -0.1) is 0 Å². The number of carbonyl (C=O) groups excluding carboxylic acids is 7. The molecule has 0 radical (unpaired) electrons. The molecule has 7 amide bonds. The molecule has 0 aromatic heterocycles. The molecule has 0 saturated carbocycles. The molecule has 1 unspecified atom stereocenters. The third-order valence-corrected chi connectivity index (χ3v) is 16.5. The van der Waals surface area contributed by atoms with E-state index in [9.17, 15) is 77.3 Å². The largest absolute Gasteiger partial charge is 0.480 e. The van der Waals surface area contributed by atoms with Crippen LogP contribution in [0.15, 0.2) is 42.5 Å². The van der Waals surface area contributed by atoms with Crippen LogP contribution in [0, 0.1) is 20.8 Å². The molecule has 2 aromatic carbocycles. The molecule has 0 aliphatic carbocycles. The Morgan fingerprint density at radius 2 is 1.35 bits per heavy atom. The molecule has 3 saturated heterocycles. The number of aliphatic carboxylic acids is 3. The Labute approximate surface area is 528 Å². The van der Waals surface area contributed by atoms with E-state index in [1.165, 1.54) is 0 Å². The van der Waals surface area contributed by atoms with Crippen molar-refractivity contribution in [2.45, 2.75) is 101 Å². The van der Waals surface area contributed by atoms with Gasteiger partial charge in [0.1, 0.15) is 24.7 Å². The number of aryl methyl sites for hydroxylation is 1. The van der Waals surface area contributed by atoms with Gasteiger partial charge in [0.2, 0.25) is 41.4 Å². The van der Waals surface area contributed by atoms with Gasteiger partial charge >= 0.3 is 17.9 Å². The summed E-state index contributed by atoms with van der Waals surface area (Å²) in [5, 5.41) is 52.0. The molecular weight excluding hydrogens is 1280 g/mol. The number of fused-ring (bicyclic) bond motifs is 1. The number of carboxylic acid groups (broad SMARTS) is 3. The number of unbranched alkanes of at least 4 members (excludes halogenated alkanes) is 1. The minimum Gasteiger partial charge on any atom is -0.480 e. The van der Waals surface area contributed by atoms with Gasteiger partial charge in [-0.1, -0.05) is 30.3 Å². The second-order valence-corrected chi connectivity index (χ2v) is 23.9. The summed E-state index contributed by atoms with van der Waals surface area (Å²) in [6.07, 6.45) is 1.88. The molecule has 8 N–H and O–H groups in total.